The molecular weight excluding hydrogens is 314 g/mol. The van der Waals surface area contributed by atoms with Gasteiger partial charge in [0.1, 0.15) is 5.69 Å². The molecule has 0 amide bonds. The molecule has 0 aliphatic carbocycles. The van der Waals surface area contributed by atoms with Crippen LogP contribution in [0.2, 0.25) is 5.02 Å². The van der Waals surface area contributed by atoms with Gasteiger partial charge in [0.15, 0.2) is 0 Å². The Balaban J connectivity index is 2.22. The van der Waals surface area contributed by atoms with Gasteiger partial charge in [0.25, 0.3) is 0 Å². The van der Waals surface area contributed by atoms with Crippen LogP contribution in [-0.4, -0.2) is 17.6 Å². The summed E-state index contributed by atoms with van der Waals surface area (Å²) in [5.41, 5.74) is 9.00. The molecule has 0 aliphatic heterocycles. The van der Waals surface area contributed by atoms with Gasteiger partial charge in [-0.2, -0.15) is 5.11 Å². The summed E-state index contributed by atoms with van der Waals surface area (Å²) in [6.45, 7) is 4.68. The second-order valence-electron chi connectivity index (χ2n) is 5.87. The third kappa shape index (κ3) is 3.87. The topological polar surface area (TPSA) is 85.5 Å². The van der Waals surface area contributed by atoms with Crippen molar-refractivity contribution in [1.29, 1.82) is 5.53 Å². The van der Waals surface area contributed by atoms with Crippen molar-refractivity contribution >= 4 is 28.9 Å². The molecule has 0 aliphatic rings. The number of carbonyl (C=O) groups is 1. The number of anilines is 1. The van der Waals surface area contributed by atoms with E-state index in [-0.39, 0.29) is 11.0 Å². The van der Waals surface area contributed by atoms with Crippen molar-refractivity contribution in [3.63, 3.8) is 0 Å². The Morgan fingerprint density at radius 3 is 2.61 bits per heavy atom. The number of benzene rings is 2. The van der Waals surface area contributed by atoms with Crippen molar-refractivity contribution in [3.8, 4) is 0 Å². The number of halogens is 1. The summed E-state index contributed by atoms with van der Waals surface area (Å²) in [6, 6.07) is 12.1. The number of hydrogen-bond donors (Lipinski definition) is 3. The maximum Gasteiger partial charge on any atom is 0.335 e. The molecule has 120 valence electrons. The number of carboxylic acids is 1. The smallest absolute Gasteiger partial charge is 0.335 e. The Hall–Kier alpha value is -2.40. The van der Waals surface area contributed by atoms with E-state index in [4.69, 9.17) is 22.2 Å². The molecule has 0 aromatic heterocycles. The Morgan fingerprint density at radius 1 is 1.30 bits per heavy atom. The van der Waals surface area contributed by atoms with Crippen molar-refractivity contribution in [1.82, 2.24) is 0 Å². The first-order valence-electron chi connectivity index (χ1n) is 7.09. The summed E-state index contributed by atoms with van der Waals surface area (Å²) in [6.07, 6.45) is 0. The lowest BCUT2D eigenvalue weighted by Gasteiger charge is -2.27. The fraction of sp³-hybridized carbons (Fsp3) is 0.235. The zero-order chi connectivity index (χ0) is 17.0. The van der Waals surface area contributed by atoms with E-state index in [9.17, 15) is 4.79 Å². The molecule has 0 radical (unpaired) electrons. The van der Waals surface area contributed by atoms with Crippen molar-refractivity contribution in [3.05, 3.63) is 58.6 Å². The van der Waals surface area contributed by atoms with Crippen LogP contribution >= 0.6 is 11.6 Å². The lowest BCUT2D eigenvalue weighted by Crippen LogP contribution is -2.28. The predicted octanol–water partition coefficient (Wildman–Crippen LogP) is 5.09. The van der Waals surface area contributed by atoms with Gasteiger partial charge in [-0.25, -0.2) is 10.3 Å². The van der Waals surface area contributed by atoms with E-state index in [1.54, 1.807) is 6.07 Å². The van der Waals surface area contributed by atoms with Crippen LogP contribution in [0.4, 0.5) is 11.4 Å². The minimum Gasteiger partial charge on any atom is -0.478 e. The fourth-order valence-corrected chi connectivity index (χ4v) is 2.72. The van der Waals surface area contributed by atoms with Crippen LogP contribution in [0.5, 0.6) is 0 Å². The normalized spacial score (nSPS) is 11.1. The third-order valence-electron chi connectivity index (χ3n) is 3.69. The summed E-state index contributed by atoms with van der Waals surface area (Å²) >= 11 is 6.26. The minimum atomic E-state index is -1.04. The first-order chi connectivity index (χ1) is 10.8. The number of rotatable bonds is 6. The molecule has 0 heterocycles. The number of nitrogens with zero attached hydrogens (tertiary/aromatic N) is 1. The van der Waals surface area contributed by atoms with Crippen molar-refractivity contribution in [2.45, 2.75) is 19.3 Å². The van der Waals surface area contributed by atoms with Crippen LogP contribution in [0.3, 0.4) is 0 Å². The van der Waals surface area contributed by atoms with E-state index in [2.05, 4.69) is 24.3 Å². The Morgan fingerprint density at radius 2 is 2.00 bits per heavy atom. The Kier molecular flexibility index (Phi) is 5.01. The lowest BCUT2D eigenvalue weighted by atomic mass is 9.84. The zero-order valence-electron chi connectivity index (χ0n) is 12.9. The Labute approximate surface area is 139 Å². The monoisotopic (exact) mass is 331 g/mol. The molecule has 0 atom stereocenters. The SMILES string of the molecule is CC(C)(CNc1ccc(C(=O)O)cc1N=N)c1ccccc1Cl. The van der Waals surface area contributed by atoms with E-state index in [0.717, 1.165) is 5.56 Å². The molecule has 0 saturated carbocycles. The average molecular weight is 332 g/mol. The first kappa shape index (κ1) is 17.0. The molecule has 3 N–H and O–H groups in total. The summed E-state index contributed by atoms with van der Waals surface area (Å²) < 4.78 is 0. The van der Waals surface area contributed by atoms with Crippen molar-refractivity contribution in [2.24, 2.45) is 5.11 Å². The molecule has 2 rings (SSSR count). The average Bonchev–Trinajstić information content (AvgIpc) is 2.53. The van der Waals surface area contributed by atoms with Crippen LogP contribution < -0.4 is 5.32 Å². The second-order valence-corrected chi connectivity index (χ2v) is 6.27. The largest absolute Gasteiger partial charge is 0.478 e. The molecule has 2 aromatic rings. The zero-order valence-corrected chi connectivity index (χ0v) is 13.7. The number of nitrogens with one attached hydrogen (secondary N) is 2. The molecule has 0 unspecified atom stereocenters. The van der Waals surface area contributed by atoms with E-state index < -0.39 is 5.97 Å². The van der Waals surface area contributed by atoms with E-state index in [1.807, 2.05) is 24.3 Å². The Bertz CT molecular complexity index is 744. The van der Waals surface area contributed by atoms with Crippen molar-refractivity contribution < 1.29 is 9.90 Å². The highest BCUT2D eigenvalue weighted by atomic mass is 35.5. The van der Waals surface area contributed by atoms with Gasteiger partial charge >= 0.3 is 5.97 Å². The highest BCUT2D eigenvalue weighted by Crippen LogP contribution is 2.32. The van der Waals surface area contributed by atoms with Gasteiger partial charge < -0.3 is 10.4 Å². The van der Waals surface area contributed by atoms with Crippen LogP contribution in [0.25, 0.3) is 0 Å². The van der Waals surface area contributed by atoms with Crippen LogP contribution in [0.15, 0.2) is 47.6 Å². The molecule has 2 aromatic carbocycles. The molecule has 0 spiro atoms. The van der Waals surface area contributed by atoms with Gasteiger partial charge in [-0.3, -0.25) is 0 Å². The second kappa shape index (κ2) is 6.79. The number of aromatic carboxylic acids is 1. The van der Waals surface area contributed by atoms with Crippen LogP contribution in [-0.2, 0) is 5.41 Å². The molecule has 0 bridgehead atoms. The summed E-state index contributed by atoms with van der Waals surface area (Å²) in [5.74, 6) is -1.04. The summed E-state index contributed by atoms with van der Waals surface area (Å²) in [7, 11) is 0. The molecule has 23 heavy (non-hydrogen) atoms. The number of carboxylic acid groups (broad SMARTS) is 1. The summed E-state index contributed by atoms with van der Waals surface area (Å²) in [5, 5.41) is 16.3. The standard InChI is InChI=1S/C17H18ClN3O2/c1-17(2,12-5-3-4-6-13(12)18)10-20-14-8-7-11(16(22)23)9-15(14)21-19/h3-9,19-20H,10H2,1-2H3,(H,22,23). The highest BCUT2D eigenvalue weighted by molar-refractivity contribution is 6.31. The van der Waals surface area contributed by atoms with Crippen molar-refractivity contribution in [2.75, 3.05) is 11.9 Å². The fourth-order valence-electron chi connectivity index (χ4n) is 2.33. The van der Waals surface area contributed by atoms with Gasteiger partial charge in [0, 0.05) is 17.0 Å². The van der Waals surface area contributed by atoms with Gasteiger partial charge in [-0.05, 0) is 29.8 Å². The maximum atomic E-state index is 11.0. The molecule has 0 fully saturated rings. The van der Waals surface area contributed by atoms with Crippen LogP contribution in [0, 0.1) is 5.53 Å². The van der Waals surface area contributed by atoms with Crippen LogP contribution in [0.1, 0.15) is 29.8 Å². The molecule has 6 heteroatoms. The first-order valence-corrected chi connectivity index (χ1v) is 7.46. The lowest BCUT2D eigenvalue weighted by molar-refractivity contribution is 0.0697. The number of hydrogen-bond acceptors (Lipinski definition) is 4. The molecule has 5 nitrogen and oxygen atoms in total. The maximum absolute atomic E-state index is 11.0. The van der Waals surface area contributed by atoms with E-state index >= 15 is 0 Å². The van der Waals surface area contributed by atoms with E-state index in [0.29, 0.717) is 22.9 Å². The highest BCUT2D eigenvalue weighted by Gasteiger charge is 2.23. The van der Waals surface area contributed by atoms with E-state index in [1.165, 1.54) is 12.1 Å². The third-order valence-corrected chi connectivity index (χ3v) is 4.02. The predicted molar refractivity (Wildman–Crippen MR) is 91.2 cm³/mol. The van der Waals surface area contributed by atoms with Gasteiger partial charge in [-0.15, -0.1) is 0 Å². The summed E-state index contributed by atoms with van der Waals surface area (Å²) in [4.78, 5) is 11.0. The molecule has 0 saturated heterocycles. The quantitative estimate of drug-likeness (QED) is 0.644. The van der Waals surface area contributed by atoms with Gasteiger partial charge in [0.05, 0.1) is 11.3 Å². The minimum absolute atomic E-state index is 0.104. The molecular formula is C17H18ClN3O2. The van der Waals surface area contributed by atoms with Gasteiger partial charge in [0.2, 0.25) is 0 Å². The van der Waals surface area contributed by atoms with Gasteiger partial charge in [-0.1, -0.05) is 43.6 Å².